The largest absolute Gasteiger partial charge is 0.288 e. The molecule has 0 N–H and O–H groups in total. The van der Waals surface area contributed by atoms with E-state index in [0.717, 1.165) is 13.0 Å². The number of hydrogen-bond acceptors (Lipinski definition) is 3. The summed E-state index contributed by atoms with van der Waals surface area (Å²) in [6.07, 6.45) is 1.04. The molecule has 0 radical (unpaired) electrons. The van der Waals surface area contributed by atoms with Crippen LogP contribution in [0, 0.1) is 11.3 Å². The zero-order valence-corrected chi connectivity index (χ0v) is 9.55. The molecule has 2 nitrogen and oxygen atoms in total. The van der Waals surface area contributed by atoms with Gasteiger partial charge in [0.25, 0.3) is 0 Å². The van der Waals surface area contributed by atoms with Crippen molar-refractivity contribution < 1.29 is 0 Å². The molecule has 1 aromatic heterocycles. The van der Waals surface area contributed by atoms with Crippen LogP contribution in [0.3, 0.4) is 0 Å². The van der Waals surface area contributed by atoms with Crippen molar-refractivity contribution in [3.8, 4) is 6.07 Å². The molecule has 0 amide bonds. The van der Waals surface area contributed by atoms with Crippen LogP contribution in [0.25, 0.3) is 0 Å². The lowest BCUT2D eigenvalue weighted by Crippen LogP contribution is -2.33. The fourth-order valence-corrected chi connectivity index (χ4v) is 2.02. The van der Waals surface area contributed by atoms with Crippen molar-refractivity contribution in [3.63, 3.8) is 0 Å². The zero-order valence-electron chi connectivity index (χ0n) is 8.73. The van der Waals surface area contributed by atoms with E-state index in [2.05, 4.69) is 41.6 Å². The maximum atomic E-state index is 8.65. The molecule has 14 heavy (non-hydrogen) atoms. The van der Waals surface area contributed by atoms with E-state index in [1.165, 1.54) is 5.56 Å². The molecule has 0 fully saturated rings. The van der Waals surface area contributed by atoms with Crippen molar-refractivity contribution in [2.75, 3.05) is 13.1 Å². The minimum absolute atomic E-state index is 0.452. The molecule has 0 saturated carbocycles. The summed E-state index contributed by atoms with van der Waals surface area (Å²) in [7, 11) is 0. The van der Waals surface area contributed by atoms with Gasteiger partial charge in [-0.15, -0.1) is 0 Å². The Balaban J connectivity index is 2.38. The Bertz CT molecular complexity index is 285. The van der Waals surface area contributed by atoms with Gasteiger partial charge in [-0.05, 0) is 42.7 Å². The first-order valence-electron chi connectivity index (χ1n) is 4.86. The lowest BCUT2D eigenvalue weighted by molar-refractivity contribution is 0.252. The van der Waals surface area contributed by atoms with Crippen LogP contribution >= 0.6 is 11.3 Å². The summed E-state index contributed by atoms with van der Waals surface area (Å²) in [6, 6.07) is 4.81. The van der Waals surface area contributed by atoms with Crippen molar-refractivity contribution in [1.82, 2.24) is 4.90 Å². The predicted octanol–water partition coefficient (Wildman–Crippen LogP) is 2.52. The highest BCUT2D eigenvalue weighted by atomic mass is 32.1. The average Bonchev–Trinajstić information content (AvgIpc) is 2.64. The molecule has 0 saturated heterocycles. The molecule has 0 atom stereocenters. The predicted molar refractivity (Wildman–Crippen MR) is 60.3 cm³/mol. The third kappa shape index (κ3) is 3.49. The normalized spacial score (nSPS) is 10.8. The summed E-state index contributed by atoms with van der Waals surface area (Å²) >= 11 is 1.73. The fourth-order valence-electron chi connectivity index (χ4n) is 1.32. The number of nitriles is 1. The highest BCUT2D eigenvalue weighted by Gasteiger charge is 2.08. The molecule has 1 heterocycles. The molecule has 0 aromatic carbocycles. The van der Waals surface area contributed by atoms with Crippen LogP contribution in [0.4, 0.5) is 0 Å². The molecular formula is C11H16N2S. The van der Waals surface area contributed by atoms with Gasteiger partial charge >= 0.3 is 0 Å². The Morgan fingerprint density at radius 1 is 1.57 bits per heavy atom. The van der Waals surface area contributed by atoms with E-state index in [9.17, 15) is 0 Å². The summed E-state index contributed by atoms with van der Waals surface area (Å²) in [5.74, 6) is 0. The second kappa shape index (κ2) is 5.79. The van der Waals surface area contributed by atoms with E-state index in [0.29, 0.717) is 12.6 Å². The van der Waals surface area contributed by atoms with E-state index in [4.69, 9.17) is 5.26 Å². The summed E-state index contributed by atoms with van der Waals surface area (Å²) in [4.78, 5) is 2.19. The molecule has 1 aromatic rings. The zero-order chi connectivity index (χ0) is 10.4. The fraction of sp³-hybridized carbons (Fsp3) is 0.545. The Kier molecular flexibility index (Phi) is 4.64. The lowest BCUT2D eigenvalue weighted by Gasteiger charge is -2.22. The maximum absolute atomic E-state index is 8.65. The Hall–Kier alpha value is -0.850. The molecular weight excluding hydrogens is 192 g/mol. The first-order valence-corrected chi connectivity index (χ1v) is 5.80. The second-order valence-corrected chi connectivity index (χ2v) is 4.38. The van der Waals surface area contributed by atoms with Crippen LogP contribution in [0.2, 0.25) is 0 Å². The number of nitrogens with zero attached hydrogens (tertiary/aromatic N) is 2. The maximum Gasteiger partial charge on any atom is 0.0868 e. The van der Waals surface area contributed by atoms with Crippen molar-refractivity contribution in [2.24, 2.45) is 0 Å². The number of thiophene rings is 1. The summed E-state index contributed by atoms with van der Waals surface area (Å²) < 4.78 is 0. The van der Waals surface area contributed by atoms with Crippen LogP contribution in [0.15, 0.2) is 16.8 Å². The van der Waals surface area contributed by atoms with E-state index in [1.54, 1.807) is 11.3 Å². The molecule has 0 unspecified atom stereocenters. The van der Waals surface area contributed by atoms with Gasteiger partial charge in [-0.3, -0.25) is 4.90 Å². The van der Waals surface area contributed by atoms with Gasteiger partial charge in [-0.2, -0.15) is 16.6 Å². The van der Waals surface area contributed by atoms with Gasteiger partial charge in [0.15, 0.2) is 0 Å². The van der Waals surface area contributed by atoms with Crippen molar-refractivity contribution in [2.45, 2.75) is 26.3 Å². The molecule has 1 rings (SSSR count). The molecule has 0 aliphatic heterocycles. The smallest absolute Gasteiger partial charge is 0.0868 e. The van der Waals surface area contributed by atoms with Crippen molar-refractivity contribution in [3.05, 3.63) is 22.4 Å². The van der Waals surface area contributed by atoms with E-state index in [1.807, 2.05) is 0 Å². The summed E-state index contributed by atoms with van der Waals surface area (Å²) in [5.41, 5.74) is 1.37. The SMILES string of the molecule is CC(C)N(CC#N)CCc1ccsc1. The second-order valence-electron chi connectivity index (χ2n) is 3.60. The molecule has 0 aliphatic carbocycles. The summed E-state index contributed by atoms with van der Waals surface area (Å²) in [6.45, 7) is 5.76. The Morgan fingerprint density at radius 2 is 2.36 bits per heavy atom. The quantitative estimate of drug-likeness (QED) is 0.695. The van der Waals surface area contributed by atoms with Gasteiger partial charge in [0.1, 0.15) is 0 Å². The Morgan fingerprint density at radius 3 is 2.86 bits per heavy atom. The van der Waals surface area contributed by atoms with Crippen molar-refractivity contribution >= 4 is 11.3 Å². The van der Waals surface area contributed by atoms with Crippen molar-refractivity contribution in [1.29, 1.82) is 5.26 Å². The van der Waals surface area contributed by atoms with E-state index in [-0.39, 0.29) is 0 Å². The first-order chi connectivity index (χ1) is 6.74. The van der Waals surface area contributed by atoms with Gasteiger partial charge in [0.05, 0.1) is 12.6 Å². The van der Waals surface area contributed by atoms with Gasteiger partial charge < -0.3 is 0 Å². The van der Waals surface area contributed by atoms with Gasteiger partial charge in [-0.1, -0.05) is 0 Å². The van der Waals surface area contributed by atoms with Gasteiger partial charge in [-0.25, -0.2) is 0 Å². The monoisotopic (exact) mass is 208 g/mol. The van der Waals surface area contributed by atoms with E-state index < -0.39 is 0 Å². The molecule has 0 aliphatic rings. The third-order valence-electron chi connectivity index (χ3n) is 2.27. The number of hydrogen-bond donors (Lipinski definition) is 0. The van der Waals surface area contributed by atoms with Crippen LogP contribution < -0.4 is 0 Å². The first kappa shape index (κ1) is 11.2. The van der Waals surface area contributed by atoms with E-state index >= 15 is 0 Å². The molecule has 3 heteroatoms. The van der Waals surface area contributed by atoms with Gasteiger partial charge in [0, 0.05) is 12.6 Å². The average molecular weight is 208 g/mol. The van der Waals surface area contributed by atoms with Crippen LogP contribution in [-0.4, -0.2) is 24.0 Å². The topological polar surface area (TPSA) is 27.0 Å². The lowest BCUT2D eigenvalue weighted by atomic mass is 10.2. The number of rotatable bonds is 5. The highest BCUT2D eigenvalue weighted by molar-refractivity contribution is 7.07. The van der Waals surface area contributed by atoms with Gasteiger partial charge in [0.2, 0.25) is 0 Å². The highest BCUT2D eigenvalue weighted by Crippen LogP contribution is 2.08. The molecule has 0 spiro atoms. The Labute approximate surface area is 89.8 Å². The molecule has 76 valence electrons. The van der Waals surface area contributed by atoms with Crippen LogP contribution in [-0.2, 0) is 6.42 Å². The summed E-state index contributed by atoms with van der Waals surface area (Å²) in [5, 5.41) is 12.9. The standard InChI is InChI=1S/C11H16N2S/c1-10(2)13(7-5-12)6-3-11-4-8-14-9-11/h4,8-10H,3,6-7H2,1-2H3. The third-order valence-corrected chi connectivity index (χ3v) is 3.00. The minimum atomic E-state index is 0.452. The van der Waals surface area contributed by atoms with Crippen LogP contribution in [0.1, 0.15) is 19.4 Å². The minimum Gasteiger partial charge on any atom is -0.288 e. The molecule has 0 bridgehead atoms. The van der Waals surface area contributed by atoms with Crippen LogP contribution in [0.5, 0.6) is 0 Å².